The molecule has 0 aliphatic rings. The Hall–Kier alpha value is -2.07. The Bertz CT molecular complexity index is 607. The van der Waals surface area contributed by atoms with Gasteiger partial charge in [-0.1, -0.05) is 0 Å². The number of carbonyl (C=O) groups excluding carboxylic acids is 1. The highest BCUT2D eigenvalue weighted by molar-refractivity contribution is 7.88. The van der Waals surface area contributed by atoms with Crippen LogP contribution in [0.25, 0.3) is 0 Å². The predicted molar refractivity (Wildman–Crippen MR) is 72.4 cm³/mol. The lowest BCUT2D eigenvalue weighted by atomic mass is 10.3. The summed E-state index contributed by atoms with van der Waals surface area (Å²) in [7, 11) is -3.30. The largest absolute Gasteiger partial charge is 0.477 e. The van der Waals surface area contributed by atoms with Gasteiger partial charge in [-0.15, -0.1) is 0 Å². The van der Waals surface area contributed by atoms with Crippen molar-refractivity contribution in [1.82, 2.24) is 15.0 Å². The van der Waals surface area contributed by atoms with Gasteiger partial charge < -0.3 is 20.7 Å². The molecule has 112 valence electrons. The second kappa shape index (κ2) is 6.39. The van der Waals surface area contributed by atoms with Crippen LogP contribution in [0.3, 0.4) is 0 Å². The Morgan fingerprint density at radius 1 is 1.35 bits per heavy atom. The number of aryl methyl sites for hydroxylation is 1. The Labute approximate surface area is 115 Å². The van der Waals surface area contributed by atoms with E-state index in [1.54, 1.807) is 6.92 Å². The third-order valence-corrected chi connectivity index (χ3v) is 2.92. The standard InChI is InChI=1S/C10H16N4O5S/c1-6-5-7(8(13-6)9(15)16)14-10(17)11-3-4-12-20(2,18)19/h5,12-13H,3-4H2,1-2H3,(H,15,16)(H2,11,14,17). The molecule has 0 fully saturated rings. The monoisotopic (exact) mass is 304 g/mol. The number of carbonyl (C=O) groups is 2. The third-order valence-electron chi connectivity index (χ3n) is 2.19. The van der Waals surface area contributed by atoms with Gasteiger partial charge in [0.05, 0.1) is 11.9 Å². The number of amides is 2. The molecule has 1 aromatic rings. The number of carboxylic acids is 1. The Morgan fingerprint density at radius 3 is 2.55 bits per heavy atom. The fraction of sp³-hybridized carbons (Fsp3) is 0.400. The van der Waals surface area contributed by atoms with Crippen molar-refractivity contribution in [2.45, 2.75) is 6.92 Å². The zero-order valence-corrected chi connectivity index (χ0v) is 11.8. The van der Waals surface area contributed by atoms with Crippen LogP contribution in [0, 0.1) is 6.92 Å². The Kier molecular flexibility index (Phi) is 5.11. The molecule has 0 saturated heterocycles. The molecule has 9 nitrogen and oxygen atoms in total. The van der Waals surface area contributed by atoms with Gasteiger partial charge in [-0.05, 0) is 13.0 Å². The van der Waals surface area contributed by atoms with Crippen molar-refractivity contribution in [3.8, 4) is 0 Å². The number of nitrogens with one attached hydrogen (secondary N) is 4. The second-order valence-corrected chi connectivity index (χ2v) is 5.93. The molecule has 5 N–H and O–H groups in total. The van der Waals surface area contributed by atoms with Gasteiger partial charge in [-0.2, -0.15) is 0 Å². The summed E-state index contributed by atoms with van der Waals surface area (Å²) in [4.78, 5) is 25.0. The highest BCUT2D eigenvalue weighted by Gasteiger charge is 2.15. The number of aromatic amines is 1. The lowest BCUT2D eigenvalue weighted by Crippen LogP contribution is -2.36. The summed E-state index contributed by atoms with van der Waals surface area (Å²) in [5.74, 6) is -1.19. The number of H-pyrrole nitrogens is 1. The van der Waals surface area contributed by atoms with E-state index < -0.39 is 22.0 Å². The quantitative estimate of drug-likeness (QED) is 0.459. The fourth-order valence-electron chi connectivity index (χ4n) is 1.44. The zero-order valence-electron chi connectivity index (χ0n) is 11.0. The van der Waals surface area contributed by atoms with Gasteiger partial charge >= 0.3 is 12.0 Å². The van der Waals surface area contributed by atoms with E-state index in [4.69, 9.17) is 5.11 Å². The average molecular weight is 304 g/mol. The molecule has 10 heteroatoms. The summed E-state index contributed by atoms with van der Waals surface area (Å²) in [6.45, 7) is 1.78. The minimum absolute atomic E-state index is 0.0458. The maximum Gasteiger partial charge on any atom is 0.354 e. The molecule has 20 heavy (non-hydrogen) atoms. The van der Waals surface area contributed by atoms with Crippen LogP contribution in [0.2, 0.25) is 0 Å². The highest BCUT2D eigenvalue weighted by atomic mass is 32.2. The van der Waals surface area contributed by atoms with E-state index >= 15 is 0 Å². The van der Waals surface area contributed by atoms with E-state index in [9.17, 15) is 18.0 Å². The van der Waals surface area contributed by atoms with Gasteiger partial charge in [0.25, 0.3) is 0 Å². The molecular formula is C10H16N4O5S. The molecular weight excluding hydrogens is 288 g/mol. The van der Waals surface area contributed by atoms with Gasteiger partial charge in [0.1, 0.15) is 5.69 Å². The average Bonchev–Trinajstić information content (AvgIpc) is 2.64. The van der Waals surface area contributed by atoms with Gasteiger partial charge in [-0.25, -0.2) is 22.7 Å². The molecule has 0 saturated carbocycles. The maximum absolute atomic E-state index is 11.5. The number of rotatable bonds is 6. The summed E-state index contributed by atoms with van der Waals surface area (Å²) >= 11 is 0. The minimum atomic E-state index is -3.30. The normalized spacial score (nSPS) is 11.1. The molecule has 2 amide bonds. The number of aromatic nitrogens is 1. The Morgan fingerprint density at radius 2 is 2.00 bits per heavy atom. The SMILES string of the molecule is Cc1cc(NC(=O)NCCNS(C)(=O)=O)c(C(=O)O)[nH]1. The van der Waals surface area contributed by atoms with Crippen molar-refractivity contribution in [2.75, 3.05) is 24.7 Å². The number of carboxylic acid groups (broad SMARTS) is 1. The van der Waals surface area contributed by atoms with Crippen molar-refractivity contribution in [2.24, 2.45) is 0 Å². The molecule has 0 aromatic carbocycles. The topological polar surface area (TPSA) is 140 Å². The molecule has 1 rings (SSSR count). The van der Waals surface area contributed by atoms with Crippen LogP contribution in [0.1, 0.15) is 16.2 Å². The molecule has 0 aliphatic carbocycles. The first-order chi connectivity index (χ1) is 9.19. The first kappa shape index (κ1) is 16.0. The summed E-state index contributed by atoms with van der Waals surface area (Å²) in [5, 5.41) is 13.7. The maximum atomic E-state index is 11.5. The van der Waals surface area contributed by atoms with Crippen LogP contribution < -0.4 is 15.4 Å². The molecule has 0 radical (unpaired) electrons. The number of urea groups is 1. The number of hydrogen-bond donors (Lipinski definition) is 5. The van der Waals surface area contributed by atoms with Crippen molar-refractivity contribution in [1.29, 1.82) is 0 Å². The van der Waals surface area contributed by atoms with Crippen molar-refractivity contribution in [3.63, 3.8) is 0 Å². The summed E-state index contributed by atoms with van der Waals surface area (Å²) < 4.78 is 23.8. The first-order valence-corrected chi connectivity index (χ1v) is 7.50. The Balaban J connectivity index is 2.49. The van der Waals surface area contributed by atoms with Crippen molar-refractivity contribution < 1.29 is 23.1 Å². The summed E-state index contributed by atoms with van der Waals surface area (Å²) in [6, 6.07) is 0.861. The van der Waals surface area contributed by atoms with E-state index in [0.29, 0.717) is 5.69 Å². The van der Waals surface area contributed by atoms with Gasteiger partial charge in [0.15, 0.2) is 0 Å². The van der Waals surface area contributed by atoms with Crippen molar-refractivity contribution in [3.05, 3.63) is 17.5 Å². The predicted octanol–water partition coefficient (Wildman–Crippen LogP) is -0.308. The van der Waals surface area contributed by atoms with E-state index in [1.165, 1.54) is 6.07 Å². The lowest BCUT2D eigenvalue weighted by Gasteiger charge is -2.07. The summed E-state index contributed by atoms with van der Waals surface area (Å²) in [6.07, 6.45) is 1.01. The number of aromatic carboxylic acids is 1. The van der Waals surface area contributed by atoms with E-state index in [2.05, 4.69) is 20.3 Å². The summed E-state index contributed by atoms with van der Waals surface area (Å²) in [5.41, 5.74) is 0.618. The van der Waals surface area contributed by atoms with Gasteiger partial charge in [0.2, 0.25) is 10.0 Å². The number of anilines is 1. The minimum Gasteiger partial charge on any atom is -0.477 e. The van der Waals surface area contributed by atoms with Crippen LogP contribution in [-0.2, 0) is 10.0 Å². The first-order valence-electron chi connectivity index (χ1n) is 5.61. The zero-order chi connectivity index (χ0) is 15.3. The second-order valence-electron chi connectivity index (χ2n) is 4.09. The van der Waals surface area contributed by atoms with Gasteiger partial charge in [-0.3, -0.25) is 0 Å². The smallest absolute Gasteiger partial charge is 0.354 e. The highest BCUT2D eigenvalue weighted by Crippen LogP contribution is 2.16. The van der Waals surface area contributed by atoms with Crippen LogP contribution in [0.15, 0.2) is 6.07 Å². The molecule has 1 heterocycles. The van der Waals surface area contributed by atoms with Crippen LogP contribution in [-0.4, -0.2) is 49.9 Å². The van der Waals surface area contributed by atoms with E-state index in [1.807, 2.05) is 0 Å². The molecule has 0 aliphatic heterocycles. The van der Waals surface area contributed by atoms with Crippen LogP contribution >= 0.6 is 0 Å². The number of sulfonamides is 1. The third kappa shape index (κ3) is 5.28. The number of hydrogen-bond acceptors (Lipinski definition) is 4. The molecule has 0 unspecified atom stereocenters. The fourth-order valence-corrected chi connectivity index (χ4v) is 1.91. The molecule has 0 spiro atoms. The van der Waals surface area contributed by atoms with Crippen LogP contribution in [0.4, 0.5) is 10.5 Å². The van der Waals surface area contributed by atoms with Gasteiger partial charge in [0, 0.05) is 18.8 Å². The molecule has 0 atom stereocenters. The van der Waals surface area contributed by atoms with Crippen molar-refractivity contribution >= 4 is 27.7 Å². The molecule has 1 aromatic heterocycles. The van der Waals surface area contributed by atoms with Crippen LogP contribution in [0.5, 0.6) is 0 Å². The molecule has 0 bridgehead atoms. The lowest BCUT2D eigenvalue weighted by molar-refractivity contribution is 0.0692. The van der Waals surface area contributed by atoms with E-state index in [-0.39, 0.29) is 24.5 Å². The van der Waals surface area contributed by atoms with E-state index in [0.717, 1.165) is 6.26 Å².